The van der Waals surface area contributed by atoms with Crippen LogP contribution in [0.4, 0.5) is 0 Å². The molecule has 0 saturated heterocycles. The van der Waals surface area contributed by atoms with E-state index >= 15 is 0 Å². The molecule has 0 bridgehead atoms. The van der Waals surface area contributed by atoms with Gasteiger partial charge in [0, 0.05) is 17.1 Å². The molecule has 0 unspecified atom stereocenters. The second-order valence-electron chi connectivity index (χ2n) is 3.69. The largest absolute Gasteiger partial charge is 0.486 e. The molecule has 0 aliphatic rings. The summed E-state index contributed by atoms with van der Waals surface area (Å²) in [7, 11) is 0. The highest BCUT2D eigenvalue weighted by atomic mass is 79.9. The number of rotatable bonds is 4. The van der Waals surface area contributed by atoms with Crippen LogP contribution >= 0.6 is 15.9 Å². The summed E-state index contributed by atoms with van der Waals surface area (Å²) in [4.78, 5) is 0. The average Bonchev–Trinajstić information content (AvgIpc) is 2.79. The average molecular weight is 297 g/mol. The smallest absolute Gasteiger partial charge is 0.174 e. The lowest BCUT2D eigenvalue weighted by Crippen LogP contribution is -1.96. The Morgan fingerprint density at radius 3 is 2.88 bits per heavy atom. The number of benzene rings is 1. The van der Waals surface area contributed by atoms with Crippen molar-refractivity contribution in [3.05, 3.63) is 45.8 Å². The van der Waals surface area contributed by atoms with Gasteiger partial charge in [0.2, 0.25) is 0 Å². The number of aryl methyl sites for hydroxylation is 1. The molecule has 2 rings (SSSR count). The van der Waals surface area contributed by atoms with Gasteiger partial charge in [0.1, 0.15) is 12.4 Å². The van der Waals surface area contributed by atoms with E-state index < -0.39 is 0 Å². The number of hydrogen-bond acceptors (Lipinski definition) is 4. The van der Waals surface area contributed by atoms with E-state index in [1.54, 1.807) is 6.07 Å². The molecule has 0 atom stereocenters. The minimum absolute atomic E-state index is 0.355. The lowest BCUT2D eigenvalue weighted by atomic mass is 10.2. The van der Waals surface area contributed by atoms with Crippen LogP contribution in [0.1, 0.15) is 17.0 Å². The van der Waals surface area contributed by atoms with Gasteiger partial charge in [0.05, 0.1) is 5.69 Å². The van der Waals surface area contributed by atoms with Crippen molar-refractivity contribution in [1.82, 2.24) is 5.16 Å². The van der Waals surface area contributed by atoms with Gasteiger partial charge in [-0.2, -0.15) is 0 Å². The van der Waals surface area contributed by atoms with Gasteiger partial charge in [-0.05, 0) is 30.7 Å². The summed E-state index contributed by atoms with van der Waals surface area (Å²) >= 11 is 3.44. The fourth-order valence-electron chi connectivity index (χ4n) is 1.38. The van der Waals surface area contributed by atoms with E-state index in [2.05, 4.69) is 21.1 Å². The van der Waals surface area contributed by atoms with Gasteiger partial charge in [-0.15, -0.1) is 0 Å². The Morgan fingerprint density at radius 1 is 1.41 bits per heavy atom. The fourth-order valence-corrected chi connectivity index (χ4v) is 1.63. The third-order valence-corrected chi connectivity index (χ3v) is 3.22. The number of nitrogens with zero attached hydrogens (tertiary/aromatic N) is 1. The van der Waals surface area contributed by atoms with Crippen LogP contribution in [0.15, 0.2) is 33.3 Å². The zero-order chi connectivity index (χ0) is 12.3. The first kappa shape index (κ1) is 12.1. The molecule has 17 heavy (non-hydrogen) atoms. The molecular formula is C12H13BrN2O2. The van der Waals surface area contributed by atoms with Gasteiger partial charge < -0.3 is 15.0 Å². The Balaban J connectivity index is 1.99. The molecule has 1 aromatic heterocycles. The number of aromatic nitrogens is 1. The topological polar surface area (TPSA) is 61.3 Å². The normalized spacial score (nSPS) is 10.5. The van der Waals surface area contributed by atoms with Gasteiger partial charge in [-0.25, -0.2) is 0 Å². The summed E-state index contributed by atoms with van der Waals surface area (Å²) < 4.78 is 11.7. The molecule has 0 fully saturated rings. The Kier molecular flexibility index (Phi) is 3.81. The maximum atomic E-state index is 5.59. The van der Waals surface area contributed by atoms with E-state index in [0.717, 1.165) is 21.5 Å². The molecule has 5 heteroatoms. The molecule has 0 spiro atoms. The van der Waals surface area contributed by atoms with Gasteiger partial charge in [-0.3, -0.25) is 0 Å². The van der Waals surface area contributed by atoms with Crippen molar-refractivity contribution in [1.29, 1.82) is 0 Å². The number of hydrogen-bond donors (Lipinski definition) is 1. The minimum Gasteiger partial charge on any atom is -0.486 e. The first-order valence-electron chi connectivity index (χ1n) is 5.22. The molecule has 1 aromatic carbocycles. The number of halogens is 1. The first-order chi connectivity index (χ1) is 8.19. The van der Waals surface area contributed by atoms with Crippen molar-refractivity contribution < 1.29 is 9.26 Å². The van der Waals surface area contributed by atoms with Crippen LogP contribution in [-0.4, -0.2) is 5.16 Å². The van der Waals surface area contributed by atoms with Gasteiger partial charge in [0.25, 0.3) is 0 Å². The fraction of sp³-hybridized carbons (Fsp3) is 0.250. The van der Waals surface area contributed by atoms with Gasteiger partial charge in [-0.1, -0.05) is 21.1 Å². The SMILES string of the molecule is Cc1cc(OCc2cc(CN)no2)ccc1Br. The second kappa shape index (κ2) is 5.33. The maximum absolute atomic E-state index is 5.59. The van der Waals surface area contributed by atoms with Crippen molar-refractivity contribution in [2.24, 2.45) is 5.73 Å². The van der Waals surface area contributed by atoms with E-state index in [1.165, 1.54) is 0 Å². The second-order valence-corrected chi connectivity index (χ2v) is 4.54. The molecule has 0 aliphatic carbocycles. The van der Waals surface area contributed by atoms with Crippen LogP contribution in [0.25, 0.3) is 0 Å². The van der Waals surface area contributed by atoms with Crippen molar-refractivity contribution >= 4 is 15.9 Å². The number of nitrogens with two attached hydrogens (primary N) is 1. The third-order valence-electron chi connectivity index (χ3n) is 2.33. The summed E-state index contributed by atoms with van der Waals surface area (Å²) in [6.07, 6.45) is 0. The molecular weight excluding hydrogens is 284 g/mol. The van der Waals surface area contributed by atoms with Crippen LogP contribution in [0.2, 0.25) is 0 Å². The summed E-state index contributed by atoms with van der Waals surface area (Å²) in [5.41, 5.74) is 7.30. The summed E-state index contributed by atoms with van der Waals surface area (Å²) in [5, 5.41) is 3.79. The molecule has 2 N–H and O–H groups in total. The zero-order valence-electron chi connectivity index (χ0n) is 9.44. The summed E-state index contributed by atoms with van der Waals surface area (Å²) in [6.45, 7) is 2.74. The van der Waals surface area contributed by atoms with E-state index in [4.69, 9.17) is 15.0 Å². The third kappa shape index (κ3) is 3.08. The highest BCUT2D eigenvalue weighted by Crippen LogP contribution is 2.22. The highest BCUT2D eigenvalue weighted by molar-refractivity contribution is 9.10. The summed E-state index contributed by atoms with van der Waals surface area (Å²) in [6, 6.07) is 7.61. The van der Waals surface area contributed by atoms with E-state index in [-0.39, 0.29) is 0 Å². The van der Waals surface area contributed by atoms with E-state index in [9.17, 15) is 0 Å². The summed E-state index contributed by atoms with van der Waals surface area (Å²) in [5.74, 6) is 1.47. The van der Waals surface area contributed by atoms with Crippen LogP contribution < -0.4 is 10.5 Å². The maximum Gasteiger partial charge on any atom is 0.174 e. The lowest BCUT2D eigenvalue weighted by Gasteiger charge is -2.05. The molecule has 90 valence electrons. The Hall–Kier alpha value is -1.33. The predicted octanol–water partition coefficient (Wildman–Crippen LogP) is 2.78. The van der Waals surface area contributed by atoms with Crippen LogP contribution in [0.3, 0.4) is 0 Å². The predicted molar refractivity (Wildman–Crippen MR) is 67.6 cm³/mol. The first-order valence-corrected chi connectivity index (χ1v) is 6.02. The zero-order valence-corrected chi connectivity index (χ0v) is 11.0. The van der Waals surface area contributed by atoms with Crippen LogP contribution in [0.5, 0.6) is 5.75 Å². The van der Waals surface area contributed by atoms with E-state index in [1.807, 2.05) is 25.1 Å². The Labute approximate surface area is 108 Å². The van der Waals surface area contributed by atoms with Crippen molar-refractivity contribution in [3.63, 3.8) is 0 Å². The Morgan fingerprint density at radius 2 is 2.24 bits per heavy atom. The highest BCUT2D eigenvalue weighted by Gasteiger charge is 2.04. The molecule has 0 saturated carbocycles. The van der Waals surface area contributed by atoms with E-state index in [0.29, 0.717) is 18.9 Å². The molecule has 0 amide bonds. The molecule has 2 aromatic rings. The lowest BCUT2D eigenvalue weighted by molar-refractivity contribution is 0.248. The quantitative estimate of drug-likeness (QED) is 0.942. The van der Waals surface area contributed by atoms with Gasteiger partial charge in [0.15, 0.2) is 5.76 Å². The van der Waals surface area contributed by atoms with Crippen LogP contribution in [-0.2, 0) is 13.2 Å². The van der Waals surface area contributed by atoms with Crippen LogP contribution in [0, 0.1) is 6.92 Å². The van der Waals surface area contributed by atoms with Crippen molar-refractivity contribution in [2.75, 3.05) is 0 Å². The standard InChI is InChI=1S/C12H13BrN2O2/c1-8-4-10(2-3-12(8)13)16-7-11-5-9(6-14)15-17-11/h2-5H,6-7,14H2,1H3. The molecule has 0 aliphatic heterocycles. The molecule has 1 heterocycles. The van der Waals surface area contributed by atoms with Crippen molar-refractivity contribution in [2.45, 2.75) is 20.1 Å². The monoisotopic (exact) mass is 296 g/mol. The molecule has 0 radical (unpaired) electrons. The van der Waals surface area contributed by atoms with Crippen molar-refractivity contribution in [3.8, 4) is 5.75 Å². The number of ether oxygens (including phenoxy) is 1. The Bertz CT molecular complexity index is 511. The minimum atomic E-state index is 0.355. The van der Waals surface area contributed by atoms with Gasteiger partial charge >= 0.3 is 0 Å². The molecule has 4 nitrogen and oxygen atoms in total.